The van der Waals surface area contributed by atoms with E-state index in [0.717, 1.165) is 16.7 Å². The molecule has 1 amide bonds. The predicted molar refractivity (Wildman–Crippen MR) is 70.7 cm³/mol. The number of carbonyl (C=O) groups is 2. The van der Waals surface area contributed by atoms with Crippen molar-refractivity contribution in [3.05, 3.63) is 28.8 Å². The van der Waals surface area contributed by atoms with Gasteiger partial charge in [0.2, 0.25) is 5.91 Å². The zero-order valence-electron chi connectivity index (χ0n) is 11.2. The fourth-order valence-corrected chi connectivity index (χ4v) is 2.06. The lowest BCUT2D eigenvalue weighted by Crippen LogP contribution is -2.29. The lowest BCUT2D eigenvalue weighted by molar-refractivity contribution is -0.145. The molecule has 1 aromatic carbocycles. The lowest BCUT2D eigenvalue weighted by Gasteiger charge is -2.15. The van der Waals surface area contributed by atoms with Crippen molar-refractivity contribution in [2.45, 2.75) is 34.1 Å². The van der Waals surface area contributed by atoms with Gasteiger partial charge in [-0.2, -0.15) is 0 Å². The number of benzene rings is 1. The number of aryl methyl sites for hydroxylation is 3. The molecule has 0 radical (unpaired) electrons. The van der Waals surface area contributed by atoms with Crippen LogP contribution in [0.1, 0.15) is 30.0 Å². The van der Waals surface area contributed by atoms with E-state index in [-0.39, 0.29) is 6.42 Å². The van der Waals surface area contributed by atoms with Crippen LogP contribution < -0.4 is 5.32 Å². The summed E-state index contributed by atoms with van der Waals surface area (Å²) < 4.78 is 0. The summed E-state index contributed by atoms with van der Waals surface area (Å²) in [5.41, 5.74) is 3.72. The summed E-state index contributed by atoms with van der Waals surface area (Å²) in [4.78, 5) is 22.8. The molecule has 1 atom stereocenters. The van der Waals surface area contributed by atoms with Crippen LogP contribution in [0.15, 0.2) is 12.1 Å². The second-order valence-electron chi connectivity index (χ2n) is 4.56. The largest absolute Gasteiger partial charge is 0.481 e. The molecule has 0 heterocycles. The quantitative estimate of drug-likeness (QED) is 0.806. The lowest BCUT2D eigenvalue weighted by atomic mass is 10.0. The third-order valence-corrected chi connectivity index (χ3v) is 2.95. The van der Waals surface area contributed by atoms with Crippen molar-refractivity contribution in [3.8, 4) is 0 Å². The van der Waals surface area contributed by atoms with Crippen LogP contribution in [0.5, 0.6) is 0 Å². The van der Waals surface area contributed by atoms with Crippen LogP contribution in [0.2, 0.25) is 0 Å². The van der Waals surface area contributed by atoms with E-state index >= 15 is 0 Å². The van der Waals surface area contributed by atoms with Crippen molar-refractivity contribution in [3.63, 3.8) is 0 Å². The number of nitrogens with one attached hydrogen (secondary N) is 1. The molecule has 4 nitrogen and oxygen atoms in total. The molecule has 0 bridgehead atoms. The molecule has 1 rings (SSSR count). The third kappa shape index (κ3) is 3.09. The first-order valence-electron chi connectivity index (χ1n) is 5.98. The van der Waals surface area contributed by atoms with Crippen molar-refractivity contribution in [2.24, 2.45) is 5.92 Å². The van der Waals surface area contributed by atoms with Gasteiger partial charge in [-0.3, -0.25) is 9.59 Å². The predicted octanol–water partition coefficient (Wildman–Crippen LogP) is 2.66. The van der Waals surface area contributed by atoms with Gasteiger partial charge in [-0.15, -0.1) is 0 Å². The van der Waals surface area contributed by atoms with Gasteiger partial charge in [-0.25, -0.2) is 0 Å². The van der Waals surface area contributed by atoms with Crippen LogP contribution >= 0.6 is 0 Å². The van der Waals surface area contributed by atoms with Crippen LogP contribution in [0.25, 0.3) is 0 Å². The standard InChI is InChI=1S/C14H19NO3/c1-5-11(14(17)18)13(16)15-12-9(3)6-8(2)7-10(12)4/h6-7,11H,5H2,1-4H3,(H,15,16)(H,17,18). The van der Waals surface area contributed by atoms with Gasteiger partial charge in [-0.05, 0) is 38.3 Å². The Morgan fingerprint density at radius 1 is 1.22 bits per heavy atom. The summed E-state index contributed by atoms with van der Waals surface area (Å²) in [6.07, 6.45) is 0.283. The molecule has 0 aromatic heterocycles. The number of aliphatic carboxylic acids is 1. The first-order chi connectivity index (χ1) is 8.36. The number of carbonyl (C=O) groups excluding carboxylic acids is 1. The molecule has 2 N–H and O–H groups in total. The van der Waals surface area contributed by atoms with Crippen LogP contribution in [-0.2, 0) is 9.59 Å². The maximum atomic E-state index is 11.9. The fraction of sp³-hybridized carbons (Fsp3) is 0.429. The fourth-order valence-electron chi connectivity index (χ4n) is 2.06. The summed E-state index contributed by atoms with van der Waals surface area (Å²) in [6, 6.07) is 3.93. The SMILES string of the molecule is CCC(C(=O)O)C(=O)Nc1c(C)cc(C)cc1C. The molecule has 1 aromatic rings. The molecule has 1 unspecified atom stereocenters. The minimum atomic E-state index is -1.09. The number of hydrogen-bond acceptors (Lipinski definition) is 2. The highest BCUT2D eigenvalue weighted by Crippen LogP contribution is 2.22. The zero-order chi connectivity index (χ0) is 13.9. The summed E-state index contributed by atoms with van der Waals surface area (Å²) in [5, 5.41) is 11.7. The van der Waals surface area contributed by atoms with Crippen LogP contribution in [0.4, 0.5) is 5.69 Å². The van der Waals surface area contributed by atoms with Crippen molar-refractivity contribution in [1.82, 2.24) is 0 Å². The van der Waals surface area contributed by atoms with Crippen LogP contribution in [0.3, 0.4) is 0 Å². The average molecular weight is 249 g/mol. The summed E-state index contributed by atoms with van der Waals surface area (Å²) in [5.74, 6) is -2.54. The van der Waals surface area contributed by atoms with E-state index in [4.69, 9.17) is 5.11 Å². The van der Waals surface area contributed by atoms with E-state index in [0.29, 0.717) is 5.69 Å². The van der Waals surface area contributed by atoms with Crippen LogP contribution in [0, 0.1) is 26.7 Å². The Hall–Kier alpha value is -1.84. The van der Waals surface area contributed by atoms with E-state index < -0.39 is 17.8 Å². The summed E-state index contributed by atoms with van der Waals surface area (Å²) in [6.45, 7) is 7.47. The molecule has 0 spiro atoms. The van der Waals surface area contributed by atoms with Gasteiger partial charge in [0.15, 0.2) is 0 Å². The molecule has 0 saturated heterocycles. The van der Waals surface area contributed by atoms with E-state index in [1.165, 1.54) is 0 Å². The van der Waals surface area contributed by atoms with Gasteiger partial charge in [0.25, 0.3) is 0 Å². The van der Waals surface area contributed by atoms with Crippen molar-refractivity contribution < 1.29 is 14.7 Å². The summed E-state index contributed by atoms with van der Waals surface area (Å²) >= 11 is 0. The number of carboxylic acids is 1. The maximum absolute atomic E-state index is 11.9. The van der Waals surface area contributed by atoms with Gasteiger partial charge >= 0.3 is 5.97 Å². The molecule has 18 heavy (non-hydrogen) atoms. The Morgan fingerprint density at radius 3 is 2.11 bits per heavy atom. The molecular formula is C14H19NO3. The van der Waals surface area contributed by atoms with E-state index in [1.807, 2.05) is 32.9 Å². The third-order valence-electron chi connectivity index (χ3n) is 2.95. The first-order valence-corrected chi connectivity index (χ1v) is 5.98. The number of amides is 1. The van der Waals surface area contributed by atoms with Gasteiger partial charge in [-0.1, -0.05) is 24.6 Å². The van der Waals surface area contributed by atoms with Gasteiger partial charge in [0.1, 0.15) is 5.92 Å². The second kappa shape index (κ2) is 5.67. The van der Waals surface area contributed by atoms with Gasteiger partial charge < -0.3 is 10.4 Å². The highest BCUT2D eigenvalue weighted by Gasteiger charge is 2.24. The minimum Gasteiger partial charge on any atom is -0.481 e. The molecule has 0 aliphatic rings. The number of rotatable bonds is 4. The summed E-state index contributed by atoms with van der Waals surface area (Å²) in [7, 11) is 0. The van der Waals surface area contributed by atoms with Gasteiger partial charge in [0.05, 0.1) is 0 Å². The first kappa shape index (κ1) is 14.2. The Balaban J connectivity index is 2.98. The van der Waals surface area contributed by atoms with Crippen molar-refractivity contribution in [2.75, 3.05) is 5.32 Å². The number of anilines is 1. The molecule has 0 aliphatic carbocycles. The molecule has 0 fully saturated rings. The van der Waals surface area contributed by atoms with Crippen molar-refractivity contribution >= 4 is 17.6 Å². The monoisotopic (exact) mass is 249 g/mol. The Labute approximate surface area is 107 Å². The molecule has 4 heteroatoms. The van der Waals surface area contributed by atoms with E-state index in [2.05, 4.69) is 5.32 Å². The number of carboxylic acid groups (broad SMARTS) is 1. The average Bonchev–Trinajstić information content (AvgIpc) is 2.23. The molecular weight excluding hydrogens is 230 g/mol. The minimum absolute atomic E-state index is 0.283. The Bertz CT molecular complexity index is 457. The smallest absolute Gasteiger partial charge is 0.316 e. The van der Waals surface area contributed by atoms with Gasteiger partial charge in [0, 0.05) is 5.69 Å². The van der Waals surface area contributed by atoms with E-state index in [1.54, 1.807) is 6.92 Å². The maximum Gasteiger partial charge on any atom is 0.316 e. The van der Waals surface area contributed by atoms with Crippen molar-refractivity contribution in [1.29, 1.82) is 0 Å². The van der Waals surface area contributed by atoms with E-state index in [9.17, 15) is 9.59 Å². The molecule has 0 aliphatic heterocycles. The topological polar surface area (TPSA) is 66.4 Å². The Kier molecular flexibility index (Phi) is 4.48. The molecule has 0 saturated carbocycles. The number of hydrogen-bond donors (Lipinski definition) is 2. The second-order valence-corrected chi connectivity index (χ2v) is 4.56. The zero-order valence-corrected chi connectivity index (χ0v) is 11.2. The van der Waals surface area contributed by atoms with Crippen LogP contribution in [-0.4, -0.2) is 17.0 Å². The normalized spacial score (nSPS) is 12.0. The Morgan fingerprint density at radius 2 is 1.72 bits per heavy atom. The highest BCUT2D eigenvalue weighted by molar-refractivity contribution is 6.04. The highest BCUT2D eigenvalue weighted by atomic mass is 16.4. The molecule has 98 valence electrons.